The first-order valence-corrected chi connectivity index (χ1v) is 10.1. The Morgan fingerprint density at radius 2 is 1.69 bits per heavy atom. The molecule has 0 bridgehead atoms. The largest absolute Gasteiger partial charge is 0.492 e. The van der Waals surface area contributed by atoms with E-state index in [1.165, 1.54) is 11.1 Å². The number of nitrogens with zero attached hydrogens (tertiary/aromatic N) is 1. The summed E-state index contributed by atoms with van der Waals surface area (Å²) >= 11 is 5.51. The second kappa shape index (κ2) is 8.88. The molecule has 0 aromatic heterocycles. The minimum atomic E-state index is -0.255. The molecule has 1 amide bonds. The van der Waals surface area contributed by atoms with Crippen LogP contribution in [0, 0.1) is 0 Å². The summed E-state index contributed by atoms with van der Waals surface area (Å²) in [6, 6.07) is 25.5. The lowest BCUT2D eigenvalue weighted by Crippen LogP contribution is -2.42. The molecular weight excluding hydrogens is 380 g/mol. The van der Waals surface area contributed by atoms with Crippen molar-refractivity contribution in [1.29, 1.82) is 0 Å². The normalized spacial score (nSPS) is 12.3. The summed E-state index contributed by atoms with van der Waals surface area (Å²) in [4.78, 5) is 14.8. The third-order valence-electron chi connectivity index (χ3n) is 4.98. The fourth-order valence-corrected chi connectivity index (χ4v) is 3.77. The number of fused-ring (bicyclic) bond motifs is 1. The Balaban J connectivity index is 1.41. The van der Waals surface area contributed by atoms with Crippen LogP contribution in [0.3, 0.4) is 0 Å². The van der Waals surface area contributed by atoms with E-state index in [1.54, 1.807) is 6.07 Å². The maximum Gasteiger partial charge on any atom is 0.261 e. The van der Waals surface area contributed by atoms with E-state index in [0.29, 0.717) is 23.0 Å². The fraction of sp³-hybridized carbons (Fsp3) is 0.167. The van der Waals surface area contributed by atoms with Crippen LogP contribution in [0.2, 0.25) is 0 Å². The average Bonchev–Trinajstić information content (AvgIpc) is 3.19. The van der Waals surface area contributed by atoms with Crippen LogP contribution >= 0.6 is 12.2 Å². The third-order valence-corrected chi connectivity index (χ3v) is 5.30. The highest BCUT2D eigenvalue weighted by atomic mass is 32.1. The number of thiocarbonyl (C=S) groups is 1. The van der Waals surface area contributed by atoms with Crippen LogP contribution < -0.4 is 15.0 Å². The minimum Gasteiger partial charge on any atom is -0.492 e. The number of anilines is 1. The van der Waals surface area contributed by atoms with Crippen molar-refractivity contribution in [2.45, 2.75) is 12.8 Å². The molecule has 1 heterocycles. The van der Waals surface area contributed by atoms with Crippen LogP contribution in [0.4, 0.5) is 5.69 Å². The molecule has 1 aliphatic rings. The number of hydrogen-bond acceptors (Lipinski definition) is 3. The second-order valence-corrected chi connectivity index (χ2v) is 7.26. The SMILES string of the molecule is O=C(NC(=S)N1CCc2ccccc21)c1ccccc1OCCc1ccccc1. The average molecular weight is 403 g/mol. The molecule has 0 saturated carbocycles. The van der Waals surface area contributed by atoms with E-state index >= 15 is 0 Å². The number of amides is 1. The molecule has 0 spiro atoms. The maximum absolute atomic E-state index is 12.9. The van der Waals surface area contributed by atoms with Crippen molar-refractivity contribution in [3.63, 3.8) is 0 Å². The van der Waals surface area contributed by atoms with Gasteiger partial charge >= 0.3 is 0 Å². The minimum absolute atomic E-state index is 0.255. The number of hydrogen-bond donors (Lipinski definition) is 1. The molecule has 5 heteroatoms. The van der Waals surface area contributed by atoms with Crippen molar-refractivity contribution in [2.75, 3.05) is 18.1 Å². The Kier molecular flexibility index (Phi) is 5.86. The monoisotopic (exact) mass is 402 g/mol. The highest BCUT2D eigenvalue weighted by molar-refractivity contribution is 7.80. The molecule has 0 radical (unpaired) electrons. The van der Waals surface area contributed by atoms with Gasteiger partial charge in [-0.1, -0.05) is 60.7 Å². The zero-order chi connectivity index (χ0) is 20.1. The highest BCUT2D eigenvalue weighted by Gasteiger charge is 2.23. The van der Waals surface area contributed by atoms with Gasteiger partial charge in [-0.05, 0) is 48.0 Å². The van der Waals surface area contributed by atoms with E-state index in [9.17, 15) is 4.79 Å². The van der Waals surface area contributed by atoms with Gasteiger partial charge in [-0.15, -0.1) is 0 Å². The number of ether oxygens (including phenoxy) is 1. The summed E-state index contributed by atoms with van der Waals surface area (Å²) in [5.74, 6) is 0.306. The van der Waals surface area contributed by atoms with Gasteiger partial charge in [-0.2, -0.15) is 0 Å². The lowest BCUT2D eigenvalue weighted by molar-refractivity contribution is 0.0973. The van der Waals surface area contributed by atoms with Gasteiger partial charge in [0.05, 0.1) is 12.2 Å². The first-order valence-electron chi connectivity index (χ1n) is 9.69. The first-order chi connectivity index (χ1) is 14.2. The van der Waals surface area contributed by atoms with Gasteiger partial charge in [0.1, 0.15) is 5.75 Å². The van der Waals surface area contributed by atoms with E-state index in [1.807, 2.05) is 59.5 Å². The number of carbonyl (C=O) groups excluding carboxylic acids is 1. The van der Waals surface area contributed by atoms with Crippen molar-refractivity contribution >= 4 is 28.9 Å². The molecule has 1 aliphatic heterocycles. The molecule has 1 N–H and O–H groups in total. The Morgan fingerprint density at radius 3 is 2.55 bits per heavy atom. The van der Waals surface area contributed by atoms with Gasteiger partial charge in [0, 0.05) is 18.7 Å². The van der Waals surface area contributed by atoms with Gasteiger partial charge in [-0.25, -0.2) is 0 Å². The van der Waals surface area contributed by atoms with E-state index < -0.39 is 0 Å². The number of nitrogens with one attached hydrogen (secondary N) is 1. The zero-order valence-corrected chi connectivity index (χ0v) is 16.8. The third kappa shape index (κ3) is 4.46. The predicted molar refractivity (Wildman–Crippen MR) is 120 cm³/mol. The molecule has 146 valence electrons. The van der Waals surface area contributed by atoms with Crippen molar-refractivity contribution in [2.24, 2.45) is 0 Å². The standard InChI is InChI=1S/C24H22N2O2S/c27-23(25-24(29)26-16-14-19-10-4-6-12-21(19)26)20-11-5-7-13-22(20)28-17-15-18-8-2-1-3-9-18/h1-13H,14-17H2,(H,25,27,29). The molecule has 4 nitrogen and oxygen atoms in total. The Morgan fingerprint density at radius 1 is 0.966 bits per heavy atom. The Labute approximate surface area is 176 Å². The summed E-state index contributed by atoms with van der Waals surface area (Å²) in [6.45, 7) is 1.27. The van der Waals surface area contributed by atoms with Crippen LogP contribution in [-0.2, 0) is 12.8 Å². The summed E-state index contributed by atoms with van der Waals surface area (Å²) < 4.78 is 5.91. The number of carbonyl (C=O) groups is 1. The number of para-hydroxylation sites is 2. The summed E-state index contributed by atoms with van der Waals surface area (Å²) in [5.41, 5.74) is 3.98. The summed E-state index contributed by atoms with van der Waals surface area (Å²) in [5, 5.41) is 3.28. The molecule has 4 rings (SSSR count). The molecule has 0 fully saturated rings. The zero-order valence-electron chi connectivity index (χ0n) is 16.0. The number of benzene rings is 3. The number of rotatable bonds is 5. The van der Waals surface area contributed by atoms with E-state index in [0.717, 1.165) is 25.1 Å². The molecule has 3 aromatic carbocycles. The van der Waals surface area contributed by atoms with Gasteiger partial charge in [0.25, 0.3) is 5.91 Å². The van der Waals surface area contributed by atoms with E-state index in [4.69, 9.17) is 17.0 Å². The van der Waals surface area contributed by atoms with Gasteiger partial charge in [0.15, 0.2) is 5.11 Å². The molecule has 0 atom stereocenters. The van der Waals surface area contributed by atoms with Gasteiger partial charge in [-0.3, -0.25) is 10.1 Å². The van der Waals surface area contributed by atoms with Crippen LogP contribution in [0.15, 0.2) is 78.9 Å². The predicted octanol–water partition coefficient (Wildman–Crippen LogP) is 4.39. The molecular formula is C24H22N2O2S. The molecule has 0 unspecified atom stereocenters. The highest BCUT2D eigenvalue weighted by Crippen LogP contribution is 2.27. The molecule has 0 saturated heterocycles. The van der Waals surface area contributed by atoms with Crippen LogP contribution in [0.5, 0.6) is 5.75 Å². The fourth-order valence-electron chi connectivity index (χ4n) is 3.48. The van der Waals surface area contributed by atoms with Crippen molar-refractivity contribution in [3.8, 4) is 5.75 Å². The Bertz CT molecular complexity index is 1020. The Hall–Kier alpha value is -3.18. The lowest BCUT2D eigenvalue weighted by atomic mass is 10.1. The van der Waals surface area contributed by atoms with Crippen molar-refractivity contribution in [3.05, 3.63) is 95.6 Å². The smallest absolute Gasteiger partial charge is 0.261 e. The van der Waals surface area contributed by atoms with Gasteiger partial charge in [0.2, 0.25) is 0 Å². The second-order valence-electron chi connectivity index (χ2n) is 6.87. The van der Waals surface area contributed by atoms with Crippen LogP contribution in [0.25, 0.3) is 0 Å². The van der Waals surface area contributed by atoms with E-state index in [-0.39, 0.29) is 5.91 Å². The summed E-state index contributed by atoms with van der Waals surface area (Å²) in [6.07, 6.45) is 1.70. The first kappa shape index (κ1) is 19.2. The van der Waals surface area contributed by atoms with Crippen LogP contribution in [0.1, 0.15) is 21.5 Å². The van der Waals surface area contributed by atoms with Gasteiger partial charge < -0.3 is 9.64 Å². The maximum atomic E-state index is 12.9. The van der Waals surface area contributed by atoms with Crippen molar-refractivity contribution < 1.29 is 9.53 Å². The van der Waals surface area contributed by atoms with E-state index in [2.05, 4.69) is 23.5 Å². The van der Waals surface area contributed by atoms with Crippen LogP contribution in [-0.4, -0.2) is 24.2 Å². The quantitative estimate of drug-likeness (QED) is 0.643. The molecule has 29 heavy (non-hydrogen) atoms. The molecule has 0 aliphatic carbocycles. The summed E-state index contributed by atoms with van der Waals surface area (Å²) in [7, 11) is 0. The lowest BCUT2D eigenvalue weighted by Gasteiger charge is -2.21. The van der Waals surface area contributed by atoms with Crippen molar-refractivity contribution in [1.82, 2.24) is 5.32 Å². The topological polar surface area (TPSA) is 41.6 Å². The molecule has 3 aromatic rings.